The number of ether oxygens (including phenoxy) is 3. The number of nitrogen functional groups attached to an aromatic ring is 1. The molecule has 0 spiro atoms. The van der Waals surface area contributed by atoms with E-state index >= 15 is 0 Å². The summed E-state index contributed by atoms with van der Waals surface area (Å²) in [7, 11) is 1.66. The number of hydrogen-bond donors (Lipinski definition) is 1. The molecule has 0 radical (unpaired) electrons. The molecule has 2 heterocycles. The topological polar surface area (TPSA) is 101 Å². The predicted octanol–water partition coefficient (Wildman–Crippen LogP) is 6.70. The summed E-state index contributed by atoms with van der Waals surface area (Å²) in [5.41, 5.74) is 13.1. The summed E-state index contributed by atoms with van der Waals surface area (Å²) in [5.74, 6) is 0.892. The molecule has 6 rings (SSSR count). The van der Waals surface area contributed by atoms with Crippen LogP contribution in [0.2, 0.25) is 0 Å². The fourth-order valence-electron chi connectivity index (χ4n) is 5.72. The van der Waals surface area contributed by atoms with Crippen LogP contribution in [0.5, 0.6) is 5.75 Å². The maximum absolute atomic E-state index is 12.5. The highest BCUT2D eigenvalue weighted by molar-refractivity contribution is 5.95. The molecule has 2 N–H and O–H groups in total. The molecule has 1 saturated carbocycles. The molecule has 42 heavy (non-hydrogen) atoms. The minimum absolute atomic E-state index is 0.133. The largest absolute Gasteiger partial charge is 0.487 e. The first kappa shape index (κ1) is 27.7. The summed E-state index contributed by atoms with van der Waals surface area (Å²) in [4.78, 5) is 16.8. The Morgan fingerprint density at radius 1 is 1.02 bits per heavy atom. The zero-order valence-corrected chi connectivity index (χ0v) is 24.4. The van der Waals surface area contributed by atoms with Crippen molar-refractivity contribution in [1.29, 1.82) is 0 Å². The SMILES string of the molecule is CCOC(=O)Cc1c(OCc2nn(C3CCC3)c3ccc(-c4ccc5ccnc(N)c5c4)cc23)ccc(COC)c1C. The van der Waals surface area contributed by atoms with Crippen molar-refractivity contribution in [2.24, 2.45) is 0 Å². The molecule has 1 aliphatic carbocycles. The average molecular weight is 565 g/mol. The minimum atomic E-state index is -0.282. The van der Waals surface area contributed by atoms with Gasteiger partial charge in [0.15, 0.2) is 0 Å². The van der Waals surface area contributed by atoms with Crippen molar-refractivity contribution in [1.82, 2.24) is 14.8 Å². The quantitative estimate of drug-likeness (QED) is 0.188. The molecule has 216 valence electrons. The number of methoxy groups -OCH3 is 1. The first-order valence-corrected chi connectivity index (χ1v) is 14.5. The third-order valence-corrected chi connectivity index (χ3v) is 8.29. The van der Waals surface area contributed by atoms with Crippen LogP contribution in [0, 0.1) is 6.92 Å². The van der Waals surface area contributed by atoms with Crippen molar-refractivity contribution in [2.75, 3.05) is 19.5 Å². The standard InChI is InChI=1S/C34H36N4O4/c1-4-41-33(39)18-27-21(2)25(19-40-3)11-13-32(27)42-20-30-29-17-24(10-12-31(29)38(37-30)26-6-5-7-26)23-9-8-22-14-15-36-34(35)28(22)16-23/h8-17,26H,4-7,18-20H2,1-3H3,(H2,35,36). The van der Waals surface area contributed by atoms with Crippen molar-refractivity contribution in [3.63, 3.8) is 0 Å². The Labute approximate surface area is 245 Å². The molecule has 3 aromatic carbocycles. The molecule has 1 fully saturated rings. The highest BCUT2D eigenvalue weighted by Crippen LogP contribution is 2.37. The van der Waals surface area contributed by atoms with E-state index in [0.29, 0.717) is 30.8 Å². The summed E-state index contributed by atoms with van der Waals surface area (Å²) in [6.07, 6.45) is 5.33. The van der Waals surface area contributed by atoms with Crippen LogP contribution in [0.25, 0.3) is 32.8 Å². The number of rotatable bonds is 10. The first-order valence-electron chi connectivity index (χ1n) is 14.5. The Kier molecular flexibility index (Phi) is 7.80. The van der Waals surface area contributed by atoms with Gasteiger partial charge in [-0.2, -0.15) is 5.10 Å². The molecule has 8 heteroatoms. The van der Waals surface area contributed by atoms with Crippen LogP contribution in [-0.2, 0) is 33.9 Å². The number of anilines is 1. The number of nitrogens with zero attached hydrogens (tertiary/aromatic N) is 3. The second kappa shape index (κ2) is 11.8. The molecule has 5 aromatic rings. The summed E-state index contributed by atoms with van der Waals surface area (Å²) in [6, 6.07) is 19.1. The van der Waals surface area contributed by atoms with Gasteiger partial charge in [0.25, 0.3) is 0 Å². The van der Waals surface area contributed by atoms with Crippen molar-refractivity contribution < 1.29 is 19.0 Å². The maximum Gasteiger partial charge on any atom is 0.310 e. The minimum Gasteiger partial charge on any atom is -0.487 e. The molecule has 0 bridgehead atoms. The monoisotopic (exact) mass is 564 g/mol. The summed E-state index contributed by atoms with van der Waals surface area (Å²) in [5, 5.41) is 8.11. The van der Waals surface area contributed by atoms with Crippen molar-refractivity contribution in [2.45, 2.75) is 58.8 Å². The maximum atomic E-state index is 12.5. The second-order valence-corrected chi connectivity index (χ2v) is 10.9. The zero-order valence-electron chi connectivity index (χ0n) is 24.4. The van der Waals surface area contributed by atoms with Gasteiger partial charge < -0.3 is 19.9 Å². The molecule has 0 aliphatic heterocycles. The van der Waals surface area contributed by atoms with E-state index in [1.807, 2.05) is 32.0 Å². The molecule has 0 saturated heterocycles. The van der Waals surface area contributed by atoms with E-state index in [0.717, 1.165) is 68.0 Å². The number of carbonyl (C=O) groups excluding carboxylic acids is 1. The van der Waals surface area contributed by atoms with Crippen LogP contribution >= 0.6 is 0 Å². The molecule has 0 amide bonds. The number of fused-ring (bicyclic) bond motifs is 2. The van der Waals surface area contributed by atoms with Gasteiger partial charge >= 0.3 is 5.97 Å². The molecule has 1 aliphatic rings. The van der Waals surface area contributed by atoms with Crippen LogP contribution in [-0.4, -0.2) is 34.5 Å². The lowest BCUT2D eigenvalue weighted by Gasteiger charge is -2.26. The van der Waals surface area contributed by atoms with Crippen LogP contribution in [0.1, 0.15) is 54.6 Å². The number of hydrogen-bond acceptors (Lipinski definition) is 7. The van der Waals surface area contributed by atoms with Gasteiger partial charge in [0.1, 0.15) is 23.9 Å². The highest BCUT2D eigenvalue weighted by atomic mass is 16.5. The number of benzene rings is 3. The number of esters is 1. The van der Waals surface area contributed by atoms with E-state index in [9.17, 15) is 4.79 Å². The summed E-state index contributed by atoms with van der Waals surface area (Å²) in [6.45, 7) is 4.86. The Hall–Kier alpha value is -4.43. The zero-order chi connectivity index (χ0) is 29.2. The molecule has 8 nitrogen and oxygen atoms in total. The smallest absolute Gasteiger partial charge is 0.310 e. The molecule has 2 aromatic heterocycles. The number of carbonyl (C=O) groups is 1. The Balaban J connectivity index is 1.37. The third kappa shape index (κ3) is 5.30. The third-order valence-electron chi connectivity index (χ3n) is 8.29. The Morgan fingerprint density at radius 3 is 2.55 bits per heavy atom. The van der Waals surface area contributed by atoms with Crippen LogP contribution < -0.4 is 10.5 Å². The van der Waals surface area contributed by atoms with Gasteiger partial charge in [-0.15, -0.1) is 0 Å². The fourth-order valence-corrected chi connectivity index (χ4v) is 5.72. The number of nitrogens with two attached hydrogens (primary N) is 1. The van der Waals surface area contributed by atoms with Gasteiger partial charge in [-0.05, 0) is 91.1 Å². The van der Waals surface area contributed by atoms with Gasteiger partial charge in [-0.25, -0.2) is 4.98 Å². The van der Waals surface area contributed by atoms with Crippen molar-refractivity contribution >= 4 is 33.5 Å². The van der Waals surface area contributed by atoms with E-state index in [2.05, 4.69) is 46.1 Å². The fraction of sp³-hybridized carbons (Fsp3) is 0.324. The van der Waals surface area contributed by atoms with E-state index < -0.39 is 0 Å². The molecule has 0 unspecified atom stereocenters. The summed E-state index contributed by atoms with van der Waals surface area (Å²) >= 11 is 0. The van der Waals surface area contributed by atoms with Crippen LogP contribution in [0.3, 0.4) is 0 Å². The summed E-state index contributed by atoms with van der Waals surface area (Å²) < 4.78 is 19.2. The van der Waals surface area contributed by atoms with E-state index in [1.165, 1.54) is 6.42 Å². The van der Waals surface area contributed by atoms with E-state index in [4.69, 9.17) is 25.0 Å². The van der Waals surface area contributed by atoms with Gasteiger partial charge in [-0.3, -0.25) is 9.48 Å². The molecular weight excluding hydrogens is 528 g/mol. The Morgan fingerprint density at radius 2 is 1.81 bits per heavy atom. The van der Waals surface area contributed by atoms with Gasteiger partial charge in [0.05, 0.1) is 31.2 Å². The average Bonchev–Trinajstić information content (AvgIpc) is 3.31. The van der Waals surface area contributed by atoms with E-state index in [-0.39, 0.29) is 19.0 Å². The van der Waals surface area contributed by atoms with E-state index in [1.54, 1.807) is 13.3 Å². The van der Waals surface area contributed by atoms with Crippen LogP contribution in [0.4, 0.5) is 5.82 Å². The van der Waals surface area contributed by atoms with Crippen molar-refractivity contribution in [3.8, 4) is 16.9 Å². The Bertz CT molecular complexity index is 1770. The first-order chi connectivity index (χ1) is 20.5. The second-order valence-electron chi connectivity index (χ2n) is 10.9. The lowest BCUT2D eigenvalue weighted by atomic mass is 9.93. The molecular formula is C34H36N4O4. The van der Waals surface area contributed by atoms with Crippen molar-refractivity contribution in [3.05, 3.63) is 83.2 Å². The van der Waals surface area contributed by atoms with Crippen LogP contribution in [0.15, 0.2) is 60.8 Å². The lowest BCUT2D eigenvalue weighted by Crippen LogP contribution is -2.18. The van der Waals surface area contributed by atoms with Gasteiger partial charge in [0, 0.05) is 29.6 Å². The predicted molar refractivity (Wildman–Crippen MR) is 164 cm³/mol. The van der Waals surface area contributed by atoms with Gasteiger partial charge in [-0.1, -0.05) is 24.3 Å². The number of aromatic nitrogens is 3. The highest BCUT2D eigenvalue weighted by Gasteiger charge is 2.24. The van der Waals surface area contributed by atoms with Gasteiger partial charge in [0.2, 0.25) is 0 Å². The molecule has 0 atom stereocenters. The normalized spacial score (nSPS) is 13.4. The number of pyridine rings is 1. The lowest BCUT2D eigenvalue weighted by molar-refractivity contribution is -0.142.